The van der Waals surface area contributed by atoms with E-state index in [9.17, 15) is 23.9 Å². The molecule has 2 fully saturated rings. The zero-order valence-corrected chi connectivity index (χ0v) is 20.9. The summed E-state index contributed by atoms with van der Waals surface area (Å²) in [6, 6.07) is 3.60. The van der Waals surface area contributed by atoms with Gasteiger partial charge in [-0.25, -0.2) is 4.39 Å². The maximum Gasteiger partial charge on any atom is 0.269 e. The zero-order chi connectivity index (χ0) is 27.4. The monoisotopic (exact) mass is 527 g/mol. The number of hydrogen-bond donors (Lipinski definition) is 3. The fourth-order valence-corrected chi connectivity index (χ4v) is 4.67. The van der Waals surface area contributed by atoms with Crippen LogP contribution in [0.5, 0.6) is 0 Å². The molecule has 2 aliphatic rings. The maximum atomic E-state index is 14.4. The van der Waals surface area contributed by atoms with Crippen LogP contribution in [0.2, 0.25) is 0 Å². The van der Waals surface area contributed by atoms with E-state index in [2.05, 4.69) is 27.2 Å². The highest BCUT2D eigenvalue weighted by molar-refractivity contribution is 6.05. The number of ether oxygens (including phenoxy) is 1. The molecule has 4 atom stereocenters. The summed E-state index contributed by atoms with van der Waals surface area (Å²) in [6.45, 7) is 5.17. The van der Waals surface area contributed by atoms with E-state index in [-0.39, 0.29) is 31.8 Å². The molecular formula is C25H30FN7O5. The van der Waals surface area contributed by atoms with Gasteiger partial charge in [-0.2, -0.15) is 15.3 Å². The van der Waals surface area contributed by atoms with Crippen LogP contribution in [0, 0.1) is 0 Å². The summed E-state index contributed by atoms with van der Waals surface area (Å²) in [7, 11) is 0. The molecule has 3 amide bonds. The number of aromatic nitrogens is 2. The number of likely N-dealkylation sites (tertiary alicyclic amines) is 1. The summed E-state index contributed by atoms with van der Waals surface area (Å²) in [5.74, 6) is -1.85. The minimum atomic E-state index is -1.37. The van der Waals surface area contributed by atoms with E-state index in [0.29, 0.717) is 23.9 Å². The van der Waals surface area contributed by atoms with Crippen molar-refractivity contribution in [2.45, 2.75) is 50.7 Å². The molecule has 1 aromatic heterocycles. The highest BCUT2D eigenvalue weighted by Gasteiger charge is 2.41. The van der Waals surface area contributed by atoms with E-state index in [4.69, 9.17) is 10.5 Å². The number of aliphatic hydroxyl groups excluding tert-OH is 1. The van der Waals surface area contributed by atoms with Gasteiger partial charge in [0.25, 0.3) is 5.91 Å². The SMILES string of the molecule is C=CN=N/C=C(\C)c1ccc2c(c1)c(C(N)=O)nn2CC(=O)N1CC(F)CC1C(=O)NC1CCOCC1O. The lowest BCUT2D eigenvalue weighted by molar-refractivity contribution is -0.140. The van der Waals surface area contributed by atoms with Gasteiger partial charge in [-0.3, -0.25) is 19.1 Å². The minimum absolute atomic E-state index is 0.0252. The number of amides is 3. The average molecular weight is 528 g/mol. The van der Waals surface area contributed by atoms with Crippen molar-refractivity contribution in [3.63, 3.8) is 0 Å². The second kappa shape index (κ2) is 11.6. The number of allylic oxidation sites excluding steroid dienone is 1. The summed E-state index contributed by atoms with van der Waals surface area (Å²) in [5, 5.41) is 25.0. The van der Waals surface area contributed by atoms with Gasteiger partial charge in [-0.1, -0.05) is 12.6 Å². The number of primary amides is 1. The molecule has 4 rings (SSSR count). The number of benzene rings is 1. The van der Waals surface area contributed by atoms with E-state index in [1.165, 1.54) is 22.0 Å². The first-order chi connectivity index (χ1) is 18.2. The van der Waals surface area contributed by atoms with Crippen molar-refractivity contribution in [1.82, 2.24) is 20.0 Å². The molecule has 12 nitrogen and oxygen atoms in total. The molecule has 13 heteroatoms. The fourth-order valence-electron chi connectivity index (χ4n) is 4.67. The largest absolute Gasteiger partial charge is 0.389 e. The highest BCUT2D eigenvalue weighted by Crippen LogP contribution is 2.26. The van der Waals surface area contributed by atoms with Gasteiger partial charge in [0.05, 0.1) is 37.0 Å². The first kappa shape index (κ1) is 27.1. The van der Waals surface area contributed by atoms with Crippen LogP contribution in [-0.2, 0) is 20.9 Å². The van der Waals surface area contributed by atoms with Crippen LogP contribution in [0.3, 0.4) is 0 Å². The summed E-state index contributed by atoms with van der Waals surface area (Å²) in [5.41, 5.74) is 7.49. The number of aliphatic hydroxyl groups is 1. The Morgan fingerprint density at radius 1 is 1.37 bits per heavy atom. The van der Waals surface area contributed by atoms with Gasteiger partial charge in [-0.05, 0) is 36.6 Å². The van der Waals surface area contributed by atoms with Crippen LogP contribution in [0.25, 0.3) is 16.5 Å². The van der Waals surface area contributed by atoms with Gasteiger partial charge < -0.3 is 25.8 Å². The highest BCUT2D eigenvalue weighted by atomic mass is 19.1. The molecule has 38 heavy (non-hydrogen) atoms. The molecule has 0 radical (unpaired) electrons. The van der Waals surface area contributed by atoms with Gasteiger partial charge in [0.15, 0.2) is 5.69 Å². The van der Waals surface area contributed by atoms with E-state index in [1.54, 1.807) is 18.2 Å². The minimum Gasteiger partial charge on any atom is -0.389 e. The number of fused-ring (bicyclic) bond motifs is 1. The quantitative estimate of drug-likeness (QED) is 0.438. The Hall–Kier alpha value is -3.97. The lowest BCUT2D eigenvalue weighted by Gasteiger charge is -2.31. The Labute approximate surface area is 218 Å². The molecule has 0 bridgehead atoms. The topological polar surface area (TPSA) is 164 Å². The first-order valence-electron chi connectivity index (χ1n) is 12.2. The molecule has 0 saturated carbocycles. The van der Waals surface area contributed by atoms with Crippen LogP contribution in [-0.4, -0.2) is 81.6 Å². The molecule has 2 aromatic rings. The number of nitrogens with one attached hydrogen (secondary N) is 1. The molecule has 202 valence electrons. The average Bonchev–Trinajstić information content (AvgIpc) is 3.46. The molecule has 4 unspecified atom stereocenters. The number of nitrogens with two attached hydrogens (primary N) is 1. The van der Waals surface area contributed by atoms with Crippen molar-refractivity contribution in [3.05, 3.63) is 48.4 Å². The number of rotatable bonds is 8. The summed E-state index contributed by atoms with van der Waals surface area (Å²) in [4.78, 5) is 39.5. The van der Waals surface area contributed by atoms with Gasteiger partial charge in [-0.15, -0.1) is 0 Å². The maximum absolute atomic E-state index is 14.4. The zero-order valence-electron chi connectivity index (χ0n) is 20.9. The summed E-state index contributed by atoms with van der Waals surface area (Å²) >= 11 is 0. The second-order valence-electron chi connectivity index (χ2n) is 9.27. The molecular weight excluding hydrogens is 497 g/mol. The first-order valence-corrected chi connectivity index (χ1v) is 12.2. The van der Waals surface area contributed by atoms with E-state index in [1.807, 2.05) is 6.92 Å². The Morgan fingerprint density at radius 3 is 2.87 bits per heavy atom. The second-order valence-corrected chi connectivity index (χ2v) is 9.27. The number of nitrogens with zero attached hydrogens (tertiary/aromatic N) is 5. The van der Waals surface area contributed by atoms with Crippen LogP contribution < -0.4 is 11.1 Å². The van der Waals surface area contributed by atoms with Crippen molar-refractivity contribution in [2.75, 3.05) is 19.8 Å². The van der Waals surface area contributed by atoms with E-state index < -0.39 is 42.1 Å². The molecule has 2 saturated heterocycles. The van der Waals surface area contributed by atoms with Crippen molar-refractivity contribution in [3.8, 4) is 0 Å². The van der Waals surface area contributed by atoms with Gasteiger partial charge in [0.2, 0.25) is 11.8 Å². The van der Waals surface area contributed by atoms with Crippen molar-refractivity contribution < 1.29 is 28.6 Å². The van der Waals surface area contributed by atoms with Gasteiger partial charge >= 0.3 is 0 Å². The number of carbonyl (C=O) groups is 3. The van der Waals surface area contributed by atoms with Crippen molar-refractivity contribution in [1.29, 1.82) is 0 Å². The van der Waals surface area contributed by atoms with Gasteiger partial charge in [0.1, 0.15) is 18.8 Å². The molecule has 3 heterocycles. The van der Waals surface area contributed by atoms with Crippen molar-refractivity contribution >= 4 is 34.2 Å². The van der Waals surface area contributed by atoms with Gasteiger partial charge in [0, 0.05) is 24.6 Å². The lowest BCUT2D eigenvalue weighted by atomic mass is 10.0. The molecule has 1 aromatic carbocycles. The summed E-state index contributed by atoms with van der Waals surface area (Å²) < 4.78 is 20.9. The number of azo groups is 1. The lowest BCUT2D eigenvalue weighted by Crippen LogP contribution is -2.54. The van der Waals surface area contributed by atoms with Crippen LogP contribution in [0.15, 0.2) is 47.4 Å². The normalized spacial score (nSPS) is 24.2. The number of halogens is 1. The Bertz CT molecular complexity index is 1310. The molecule has 0 spiro atoms. The Balaban J connectivity index is 1.56. The van der Waals surface area contributed by atoms with E-state index >= 15 is 0 Å². The Kier molecular flexibility index (Phi) is 8.27. The van der Waals surface area contributed by atoms with Crippen LogP contribution in [0.4, 0.5) is 4.39 Å². The van der Waals surface area contributed by atoms with Crippen molar-refractivity contribution in [2.24, 2.45) is 16.0 Å². The fraction of sp³-hybridized carbons (Fsp3) is 0.440. The standard InChI is InChI=1S/C25H30FN7O5/c1-3-28-29-10-14(2)15-4-5-19-17(8-15)23(24(27)36)31-33(19)12-22(35)32-11-16(26)9-20(32)25(37)30-18-6-7-38-13-21(18)34/h3-5,8,10,16,18,20-21,34H,1,6-7,9,11-13H2,2H3,(H2,27,36)(H,30,37)/b14-10+,29-28?. The third-order valence-corrected chi connectivity index (χ3v) is 6.65. The number of carbonyl (C=O) groups excluding carboxylic acids is 3. The molecule has 4 N–H and O–H groups in total. The third-order valence-electron chi connectivity index (χ3n) is 6.65. The van der Waals surface area contributed by atoms with E-state index in [0.717, 1.165) is 11.1 Å². The van der Waals surface area contributed by atoms with Crippen LogP contribution in [0.1, 0.15) is 35.8 Å². The predicted octanol–water partition coefficient (Wildman–Crippen LogP) is 1.30. The summed E-state index contributed by atoms with van der Waals surface area (Å²) in [6.07, 6.45) is 0.840. The predicted molar refractivity (Wildman–Crippen MR) is 135 cm³/mol. The Morgan fingerprint density at radius 2 is 2.16 bits per heavy atom. The molecule has 2 aliphatic heterocycles. The van der Waals surface area contributed by atoms with Crippen LogP contribution >= 0.6 is 0 Å². The molecule has 0 aliphatic carbocycles. The number of alkyl halides is 1. The number of hydrogen-bond acceptors (Lipinski definition) is 8. The smallest absolute Gasteiger partial charge is 0.269 e. The third kappa shape index (κ3) is 5.78.